The summed E-state index contributed by atoms with van der Waals surface area (Å²) in [5.41, 5.74) is 4.56. The van der Waals surface area contributed by atoms with Crippen molar-refractivity contribution < 1.29 is 18.9 Å². The zero-order chi connectivity index (χ0) is 23.0. The van der Waals surface area contributed by atoms with Gasteiger partial charge in [0.1, 0.15) is 11.5 Å². The average Bonchev–Trinajstić information content (AvgIpc) is 2.90. The Hall–Kier alpha value is -3.08. The van der Waals surface area contributed by atoms with E-state index in [4.69, 9.17) is 18.9 Å². The highest BCUT2D eigenvalue weighted by Crippen LogP contribution is 2.30. The Morgan fingerprint density at radius 2 is 1.12 bits per heavy atom. The second-order valence-electron chi connectivity index (χ2n) is 8.85. The van der Waals surface area contributed by atoms with Crippen LogP contribution in [0.25, 0.3) is 11.6 Å². The SMILES string of the molecule is C(=C(c1ccc(OC2CCCCO2)cc1)c1ccc(OC2CCCCO2)cc1)c1ccccc1. The predicted molar refractivity (Wildman–Crippen MR) is 135 cm³/mol. The quantitative estimate of drug-likeness (QED) is 0.356. The van der Waals surface area contributed by atoms with Gasteiger partial charge < -0.3 is 18.9 Å². The minimum atomic E-state index is -0.139. The van der Waals surface area contributed by atoms with E-state index in [1.165, 1.54) is 0 Å². The van der Waals surface area contributed by atoms with E-state index in [-0.39, 0.29) is 12.6 Å². The number of benzene rings is 3. The summed E-state index contributed by atoms with van der Waals surface area (Å²) in [5.74, 6) is 1.68. The summed E-state index contributed by atoms with van der Waals surface area (Å²) in [6.07, 6.45) is 8.37. The van der Waals surface area contributed by atoms with Crippen molar-refractivity contribution >= 4 is 11.6 Å². The monoisotopic (exact) mass is 456 g/mol. The van der Waals surface area contributed by atoms with Gasteiger partial charge in [0.05, 0.1) is 13.2 Å². The van der Waals surface area contributed by atoms with Gasteiger partial charge in [0.25, 0.3) is 0 Å². The Morgan fingerprint density at radius 3 is 1.56 bits per heavy atom. The third-order valence-corrected chi connectivity index (χ3v) is 6.25. The molecule has 2 atom stereocenters. The molecule has 2 saturated heterocycles. The third kappa shape index (κ3) is 6.07. The first-order chi connectivity index (χ1) is 16.8. The largest absolute Gasteiger partial charge is 0.465 e. The molecule has 2 heterocycles. The first kappa shape index (κ1) is 22.7. The summed E-state index contributed by atoms with van der Waals surface area (Å²) in [6.45, 7) is 1.55. The third-order valence-electron chi connectivity index (χ3n) is 6.25. The maximum Gasteiger partial charge on any atom is 0.199 e. The maximum absolute atomic E-state index is 6.03. The topological polar surface area (TPSA) is 36.9 Å². The molecule has 2 unspecified atom stereocenters. The lowest BCUT2D eigenvalue weighted by Gasteiger charge is -2.23. The number of rotatable bonds is 7. The van der Waals surface area contributed by atoms with Gasteiger partial charge in [0.2, 0.25) is 0 Å². The van der Waals surface area contributed by atoms with Gasteiger partial charge in [-0.25, -0.2) is 0 Å². The molecule has 3 aromatic carbocycles. The molecule has 2 aliphatic heterocycles. The fraction of sp³-hybridized carbons (Fsp3) is 0.333. The second-order valence-corrected chi connectivity index (χ2v) is 8.85. The van der Waals surface area contributed by atoms with Crippen LogP contribution in [-0.2, 0) is 9.47 Å². The summed E-state index contributed by atoms with van der Waals surface area (Å²) < 4.78 is 23.5. The molecule has 0 aliphatic carbocycles. The van der Waals surface area contributed by atoms with Gasteiger partial charge in [-0.3, -0.25) is 0 Å². The lowest BCUT2D eigenvalue weighted by Crippen LogP contribution is -2.24. The van der Waals surface area contributed by atoms with E-state index in [9.17, 15) is 0 Å². The van der Waals surface area contributed by atoms with E-state index in [0.717, 1.165) is 85.5 Å². The molecule has 0 radical (unpaired) electrons. The van der Waals surface area contributed by atoms with Crippen molar-refractivity contribution in [3.8, 4) is 11.5 Å². The average molecular weight is 457 g/mol. The first-order valence-electron chi connectivity index (χ1n) is 12.4. The molecular weight excluding hydrogens is 424 g/mol. The van der Waals surface area contributed by atoms with Crippen LogP contribution in [-0.4, -0.2) is 25.8 Å². The number of hydrogen-bond acceptors (Lipinski definition) is 4. The maximum atomic E-state index is 6.03. The molecule has 3 aromatic rings. The van der Waals surface area contributed by atoms with Crippen molar-refractivity contribution in [3.63, 3.8) is 0 Å². The molecule has 4 nitrogen and oxygen atoms in total. The Kier molecular flexibility index (Phi) is 7.59. The molecule has 0 amide bonds. The molecule has 0 saturated carbocycles. The number of hydrogen-bond donors (Lipinski definition) is 0. The molecular formula is C30H32O4. The van der Waals surface area contributed by atoms with E-state index in [1.807, 2.05) is 30.3 Å². The van der Waals surface area contributed by atoms with Gasteiger partial charge in [-0.15, -0.1) is 0 Å². The van der Waals surface area contributed by atoms with Gasteiger partial charge in [-0.1, -0.05) is 54.6 Å². The van der Waals surface area contributed by atoms with Gasteiger partial charge in [0, 0.05) is 12.8 Å². The molecule has 34 heavy (non-hydrogen) atoms. The van der Waals surface area contributed by atoms with Crippen molar-refractivity contribution in [2.24, 2.45) is 0 Å². The second kappa shape index (κ2) is 11.4. The van der Waals surface area contributed by atoms with E-state index in [2.05, 4.69) is 54.6 Å². The molecule has 0 N–H and O–H groups in total. The van der Waals surface area contributed by atoms with Crippen LogP contribution in [0.1, 0.15) is 55.2 Å². The van der Waals surface area contributed by atoms with Crippen molar-refractivity contribution in [2.75, 3.05) is 13.2 Å². The normalized spacial score (nSPS) is 20.4. The predicted octanol–water partition coefficient (Wildman–Crippen LogP) is 7.09. The summed E-state index contributed by atoms with van der Waals surface area (Å²) >= 11 is 0. The minimum absolute atomic E-state index is 0.139. The fourth-order valence-corrected chi connectivity index (χ4v) is 4.39. The summed E-state index contributed by atoms with van der Waals surface area (Å²) in [7, 11) is 0. The highest BCUT2D eigenvalue weighted by atomic mass is 16.7. The van der Waals surface area contributed by atoms with E-state index < -0.39 is 0 Å². The summed E-state index contributed by atoms with van der Waals surface area (Å²) in [6, 6.07) is 27.0. The first-order valence-corrected chi connectivity index (χ1v) is 12.4. The Bertz CT molecular complexity index is 980. The Labute approximate surface area is 202 Å². The van der Waals surface area contributed by atoms with Crippen LogP contribution in [0.5, 0.6) is 11.5 Å². The van der Waals surface area contributed by atoms with E-state index >= 15 is 0 Å². The van der Waals surface area contributed by atoms with Crippen LogP contribution < -0.4 is 9.47 Å². The number of ether oxygens (including phenoxy) is 4. The van der Waals surface area contributed by atoms with E-state index in [0.29, 0.717) is 0 Å². The van der Waals surface area contributed by atoms with Crippen LogP contribution in [0.15, 0.2) is 78.9 Å². The molecule has 0 bridgehead atoms. The zero-order valence-corrected chi connectivity index (χ0v) is 19.5. The van der Waals surface area contributed by atoms with Crippen LogP contribution in [0.3, 0.4) is 0 Å². The minimum Gasteiger partial charge on any atom is -0.465 e. The van der Waals surface area contributed by atoms with Crippen molar-refractivity contribution in [1.29, 1.82) is 0 Å². The highest BCUT2D eigenvalue weighted by Gasteiger charge is 2.17. The van der Waals surface area contributed by atoms with Gasteiger partial charge in [0.15, 0.2) is 12.6 Å². The Morgan fingerprint density at radius 1 is 0.618 bits per heavy atom. The van der Waals surface area contributed by atoms with Gasteiger partial charge in [-0.05, 0) is 78.3 Å². The molecule has 0 aromatic heterocycles. The zero-order valence-electron chi connectivity index (χ0n) is 19.5. The molecule has 176 valence electrons. The van der Waals surface area contributed by atoms with E-state index in [1.54, 1.807) is 0 Å². The van der Waals surface area contributed by atoms with Crippen LogP contribution >= 0.6 is 0 Å². The van der Waals surface area contributed by atoms with Crippen LogP contribution in [0.4, 0.5) is 0 Å². The lowest BCUT2D eigenvalue weighted by atomic mass is 9.95. The van der Waals surface area contributed by atoms with Crippen molar-refractivity contribution in [1.82, 2.24) is 0 Å². The van der Waals surface area contributed by atoms with Crippen molar-refractivity contribution in [2.45, 2.75) is 51.1 Å². The highest BCUT2D eigenvalue weighted by molar-refractivity contribution is 5.91. The summed E-state index contributed by atoms with van der Waals surface area (Å²) in [4.78, 5) is 0. The molecule has 2 fully saturated rings. The van der Waals surface area contributed by atoms with Crippen LogP contribution in [0.2, 0.25) is 0 Å². The van der Waals surface area contributed by atoms with Crippen LogP contribution in [0, 0.1) is 0 Å². The smallest absolute Gasteiger partial charge is 0.199 e. The van der Waals surface area contributed by atoms with Gasteiger partial charge >= 0.3 is 0 Å². The van der Waals surface area contributed by atoms with Gasteiger partial charge in [-0.2, -0.15) is 0 Å². The standard InChI is InChI=1S/C30H32O4/c1-2-8-23(9-3-1)22-28(24-12-16-26(17-13-24)33-29-10-4-6-20-31-29)25-14-18-27(19-15-25)34-30-11-5-7-21-32-30/h1-3,8-9,12-19,22,29-30H,4-7,10-11,20-21H2. The summed E-state index contributed by atoms with van der Waals surface area (Å²) in [5, 5.41) is 0. The molecule has 2 aliphatic rings. The molecule has 4 heteroatoms. The van der Waals surface area contributed by atoms with Crippen molar-refractivity contribution in [3.05, 3.63) is 95.6 Å². The lowest BCUT2D eigenvalue weighted by molar-refractivity contribution is -0.106. The fourth-order valence-electron chi connectivity index (χ4n) is 4.39. The molecule has 0 spiro atoms. The molecule has 5 rings (SSSR count). The Balaban J connectivity index is 1.37.